The number of carbonyl (C=O) groups excluding carboxylic acids is 1. The quantitative estimate of drug-likeness (QED) is 0.669. The van der Waals surface area contributed by atoms with E-state index in [2.05, 4.69) is 28.8 Å². The summed E-state index contributed by atoms with van der Waals surface area (Å²) in [6.45, 7) is 2.83. The first kappa shape index (κ1) is 22.3. The van der Waals surface area contributed by atoms with Crippen LogP contribution in [0.25, 0.3) is 0 Å². The second-order valence-corrected chi connectivity index (χ2v) is 11.4. The zero-order valence-corrected chi connectivity index (χ0v) is 18.9. The molecule has 0 unspecified atom stereocenters. The predicted molar refractivity (Wildman–Crippen MR) is 119 cm³/mol. The lowest BCUT2D eigenvalue weighted by Gasteiger charge is -2.31. The van der Waals surface area contributed by atoms with Gasteiger partial charge in [-0.2, -0.15) is 5.26 Å². The van der Waals surface area contributed by atoms with Crippen LogP contribution in [0, 0.1) is 17.2 Å². The van der Waals surface area contributed by atoms with Crippen molar-refractivity contribution < 1.29 is 13.2 Å². The number of carbonyl (C=O) groups is 1. The summed E-state index contributed by atoms with van der Waals surface area (Å²) in [6, 6.07) is 10.2. The minimum absolute atomic E-state index is 0.0517. The molecule has 2 aliphatic heterocycles. The zero-order chi connectivity index (χ0) is 22.0. The number of fused-ring (bicyclic) bond motifs is 2. The van der Waals surface area contributed by atoms with E-state index in [9.17, 15) is 18.5 Å². The maximum atomic E-state index is 12.6. The molecule has 0 spiro atoms. The van der Waals surface area contributed by atoms with Crippen molar-refractivity contribution in [3.05, 3.63) is 35.4 Å². The topological polar surface area (TPSA) is 102 Å². The predicted octanol–water partition coefficient (Wildman–Crippen LogP) is 1.91. The van der Waals surface area contributed by atoms with Crippen LogP contribution >= 0.6 is 0 Å². The number of amides is 1. The molecule has 3 fully saturated rings. The molecule has 4 atom stereocenters. The molecule has 31 heavy (non-hydrogen) atoms. The number of nitrogens with zero attached hydrogens (tertiary/aromatic N) is 2. The van der Waals surface area contributed by atoms with E-state index in [0.29, 0.717) is 37.4 Å². The SMILES string of the molecule is CCS(=O)(=O)N1CCC(c2ccc(C[C@@H](C#N)NC(=O)[C@H]3N[C@@H]4CC[C@H]3C4)cc2)CC1. The van der Waals surface area contributed by atoms with E-state index in [-0.39, 0.29) is 17.7 Å². The third kappa shape index (κ3) is 4.94. The maximum Gasteiger partial charge on any atom is 0.238 e. The standard InChI is InChI=1S/C23H32N4O3S/c1-2-31(29,30)27-11-9-18(10-12-27)17-5-3-16(4-6-17)13-21(15-24)26-23(28)22-19-7-8-20(14-19)25-22/h3-6,18-22,25H,2,7-14H2,1H3,(H,26,28)/t19-,20+,21-,22-/m0/s1. The molecule has 1 aromatic rings. The highest BCUT2D eigenvalue weighted by atomic mass is 32.2. The number of hydrogen-bond donors (Lipinski definition) is 2. The Hall–Kier alpha value is -1.95. The number of sulfonamides is 1. The third-order valence-electron chi connectivity index (χ3n) is 7.22. The lowest BCUT2D eigenvalue weighted by Crippen LogP contribution is -2.50. The molecule has 2 heterocycles. The first-order valence-corrected chi connectivity index (χ1v) is 13.0. The zero-order valence-electron chi connectivity index (χ0n) is 18.1. The Morgan fingerprint density at radius 1 is 1.23 bits per heavy atom. The largest absolute Gasteiger partial charge is 0.339 e. The number of hydrogen-bond acceptors (Lipinski definition) is 5. The van der Waals surface area contributed by atoms with Crippen LogP contribution in [0.4, 0.5) is 0 Å². The van der Waals surface area contributed by atoms with Gasteiger partial charge in [0.05, 0.1) is 17.9 Å². The van der Waals surface area contributed by atoms with Crippen molar-refractivity contribution in [2.75, 3.05) is 18.8 Å². The van der Waals surface area contributed by atoms with Crippen molar-refractivity contribution in [2.24, 2.45) is 5.92 Å². The summed E-state index contributed by atoms with van der Waals surface area (Å²) in [5.74, 6) is 0.861. The average molecular weight is 445 g/mol. The van der Waals surface area contributed by atoms with E-state index in [1.807, 2.05) is 12.1 Å². The van der Waals surface area contributed by atoms with E-state index in [0.717, 1.165) is 37.7 Å². The van der Waals surface area contributed by atoms with Gasteiger partial charge in [0.15, 0.2) is 0 Å². The van der Waals surface area contributed by atoms with Crippen LogP contribution in [0.5, 0.6) is 0 Å². The Balaban J connectivity index is 1.30. The molecule has 1 amide bonds. The summed E-state index contributed by atoms with van der Waals surface area (Å²) in [6.07, 6.45) is 5.45. The van der Waals surface area contributed by atoms with Gasteiger partial charge in [-0.25, -0.2) is 12.7 Å². The number of piperidine rings is 2. The first-order valence-electron chi connectivity index (χ1n) is 11.4. The summed E-state index contributed by atoms with van der Waals surface area (Å²) in [7, 11) is -3.11. The number of benzene rings is 1. The lowest BCUT2D eigenvalue weighted by atomic mass is 9.89. The van der Waals surface area contributed by atoms with Gasteiger partial charge in [0.1, 0.15) is 6.04 Å². The van der Waals surface area contributed by atoms with E-state index < -0.39 is 16.1 Å². The minimum Gasteiger partial charge on any atom is -0.339 e. The molecule has 0 aromatic heterocycles. The van der Waals surface area contributed by atoms with Gasteiger partial charge in [-0.05, 0) is 62.0 Å². The van der Waals surface area contributed by atoms with Gasteiger partial charge in [-0.1, -0.05) is 24.3 Å². The molecular weight excluding hydrogens is 412 g/mol. The van der Waals surface area contributed by atoms with Crippen molar-refractivity contribution in [3.63, 3.8) is 0 Å². The van der Waals surface area contributed by atoms with Crippen molar-refractivity contribution in [1.82, 2.24) is 14.9 Å². The molecule has 1 aliphatic carbocycles. The lowest BCUT2D eigenvalue weighted by molar-refractivity contribution is -0.124. The van der Waals surface area contributed by atoms with Gasteiger partial charge in [0.25, 0.3) is 0 Å². The molecule has 1 aromatic carbocycles. The fraction of sp³-hybridized carbons (Fsp3) is 0.652. The fourth-order valence-electron chi connectivity index (χ4n) is 5.35. The molecule has 2 bridgehead atoms. The Bertz CT molecular complexity index is 933. The van der Waals surface area contributed by atoms with E-state index in [1.165, 1.54) is 5.56 Å². The first-order chi connectivity index (χ1) is 14.9. The average Bonchev–Trinajstić information content (AvgIpc) is 3.43. The smallest absolute Gasteiger partial charge is 0.238 e. The molecule has 2 N–H and O–H groups in total. The van der Waals surface area contributed by atoms with Crippen LogP contribution in [0.3, 0.4) is 0 Å². The number of nitriles is 1. The van der Waals surface area contributed by atoms with Gasteiger partial charge < -0.3 is 10.6 Å². The molecule has 168 valence electrons. The molecule has 1 saturated carbocycles. The highest BCUT2D eigenvalue weighted by Gasteiger charge is 2.43. The minimum atomic E-state index is -3.11. The highest BCUT2D eigenvalue weighted by molar-refractivity contribution is 7.89. The summed E-state index contributed by atoms with van der Waals surface area (Å²) >= 11 is 0. The fourth-order valence-corrected chi connectivity index (χ4v) is 6.48. The van der Waals surface area contributed by atoms with Crippen LogP contribution in [0.15, 0.2) is 24.3 Å². The Kier molecular flexibility index (Phi) is 6.65. The maximum absolute atomic E-state index is 12.6. The van der Waals surface area contributed by atoms with E-state index in [1.54, 1.807) is 11.2 Å². The van der Waals surface area contributed by atoms with Gasteiger partial charge >= 0.3 is 0 Å². The van der Waals surface area contributed by atoms with Crippen molar-refractivity contribution >= 4 is 15.9 Å². The number of nitrogens with one attached hydrogen (secondary N) is 2. The summed E-state index contributed by atoms with van der Waals surface area (Å²) < 4.78 is 25.7. The number of rotatable bonds is 7. The highest BCUT2D eigenvalue weighted by Crippen LogP contribution is 2.35. The van der Waals surface area contributed by atoms with Crippen LogP contribution in [0.2, 0.25) is 0 Å². The molecule has 3 aliphatic rings. The van der Waals surface area contributed by atoms with E-state index in [4.69, 9.17) is 0 Å². The Morgan fingerprint density at radius 3 is 2.48 bits per heavy atom. The van der Waals surface area contributed by atoms with Crippen molar-refractivity contribution in [3.8, 4) is 6.07 Å². The Labute approximate surface area is 185 Å². The third-order valence-corrected chi connectivity index (χ3v) is 9.10. The van der Waals surface area contributed by atoms with Crippen LogP contribution < -0.4 is 10.6 Å². The molecule has 0 radical (unpaired) electrons. The van der Waals surface area contributed by atoms with Crippen LogP contribution in [-0.2, 0) is 21.2 Å². The van der Waals surface area contributed by atoms with Gasteiger partial charge in [-0.3, -0.25) is 4.79 Å². The molecule has 8 heteroatoms. The van der Waals surface area contributed by atoms with Crippen LogP contribution in [0.1, 0.15) is 56.1 Å². The van der Waals surface area contributed by atoms with Gasteiger partial charge in [0, 0.05) is 25.6 Å². The Morgan fingerprint density at radius 2 is 1.94 bits per heavy atom. The monoisotopic (exact) mass is 444 g/mol. The second kappa shape index (κ2) is 9.27. The molecule has 2 saturated heterocycles. The van der Waals surface area contributed by atoms with E-state index >= 15 is 0 Å². The molecule has 4 rings (SSSR count). The molecule has 7 nitrogen and oxygen atoms in total. The molecular formula is C23H32N4O3S. The van der Waals surface area contributed by atoms with Gasteiger partial charge in [-0.15, -0.1) is 0 Å². The van der Waals surface area contributed by atoms with Crippen LogP contribution in [-0.4, -0.2) is 55.6 Å². The summed E-state index contributed by atoms with van der Waals surface area (Å²) in [5.41, 5.74) is 2.23. The summed E-state index contributed by atoms with van der Waals surface area (Å²) in [5, 5.41) is 15.8. The summed E-state index contributed by atoms with van der Waals surface area (Å²) in [4.78, 5) is 12.6. The van der Waals surface area contributed by atoms with Crippen molar-refractivity contribution in [2.45, 2.75) is 69.5 Å². The van der Waals surface area contributed by atoms with Crippen molar-refractivity contribution in [1.29, 1.82) is 5.26 Å². The van der Waals surface area contributed by atoms with Gasteiger partial charge in [0.2, 0.25) is 15.9 Å². The second-order valence-electron chi connectivity index (χ2n) is 9.12. The normalized spacial score (nSPS) is 27.7.